The molecule has 3 fully saturated rings. The number of aliphatic hydroxyl groups is 1. The molecule has 9 nitrogen and oxygen atoms in total. The number of rotatable bonds is 5. The van der Waals surface area contributed by atoms with E-state index < -0.39 is 6.10 Å². The zero-order valence-corrected chi connectivity index (χ0v) is 18.7. The maximum atomic E-state index is 9.90. The SMILES string of the molecule is O[C@@H]1CO[C@H]2[C@@H]1OC[C@H]2Oc1nc2nc(NC3CCN(c4ccccc4)CC3)c(Cl)cc2[nH]1. The summed E-state index contributed by atoms with van der Waals surface area (Å²) in [6.07, 6.45) is 0.384. The zero-order chi connectivity index (χ0) is 22.4. The first kappa shape index (κ1) is 21.0. The van der Waals surface area contributed by atoms with Gasteiger partial charge in [-0.2, -0.15) is 4.98 Å². The third kappa shape index (κ3) is 4.10. The summed E-state index contributed by atoms with van der Waals surface area (Å²) in [6, 6.07) is 12.9. The van der Waals surface area contributed by atoms with Gasteiger partial charge in [-0.3, -0.25) is 0 Å². The maximum absolute atomic E-state index is 9.90. The summed E-state index contributed by atoms with van der Waals surface area (Å²) in [6.45, 7) is 2.55. The monoisotopic (exact) mass is 471 g/mol. The first-order chi connectivity index (χ1) is 16.1. The van der Waals surface area contributed by atoms with E-state index in [0.717, 1.165) is 25.9 Å². The second-order valence-corrected chi connectivity index (χ2v) is 9.20. The fourth-order valence-electron chi connectivity index (χ4n) is 4.86. The van der Waals surface area contributed by atoms with Gasteiger partial charge >= 0.3 is 0 Å². The Labute approximate surface area is 196 Å². The number of aromatic nitrogens is 3. The molecule has 3 saturated heterocycles. The Bertz CT molecular complexity index is 1120. The highest BCUT2D eigenvalue weighted by atomic mass is 35.5. The number of imidazole rings is 1. The topological polar surface area (TPSA) is 105 Å². The molecular formula is C23H26ClN5O4. The van der Waals surface area contributed by atoms with Crippen LogP contribution in [0.5, 0.6) is 6.01 Å². The summed E-state index contributed by atoms with van der Waals surface area (Å²) in [5.74, 6) is 0.631. The van der Waals surface area contributed by atoms with Gasteiger partial charge in [-0.15, -0.1) is 0 Å². The number of nitrogens with zero attached hydrogens (tertiary/aromatic N) is 3. The van der Waals surface area contributed by atoms with Gasteiger partial charge in [0.2, 0.25) is 0 Å². The molecule has 4 atom stereocenters. The smallest absolute Gasteiger partial charge is 0.296 e. The molecule has 3 aliphatic rings. The minimum absolute atomic E-state index is 0.256. The van der Waals surface area contributed by atoms with E-state index in [9.17, 15) is 5.11 Å². The number of aliphatic hydroxyl groups excluding tert-OH is 1. The molecule has 3 aliphatic heterocycles. The molecule has 0 aliphatic carbocycles. The highest BCUT2D eigenvalue weighted by Gasteiger charge is 2.48. The van der Waals surface area contributed by atoms with Gasteiger partial charge in [-0.25, -0.2) is 4.98 Å². The highest BCUT2D eigenvalue weighted by Crippen LogP contribution is 2.31. The van der Waals surface area contributed by atoms with Crippen LogP contribution in [0.3, 0.4) is 0 Å². The van der Waals surface area contributed by atoms with E-state index in [4.69, 9.17) is 25.8 Å². The van der Waals surface area contributed by atoms with E-state index in [1.807, 2.05) is 12.1 Å². The molecule has 0 spiro atoms. The Morgan fingerprint density at radius 2 is 1.88 bits per heavy atom. The van der Waals surface area contributed by atoms with Crippen LogP contribution in [-0.2, 0) is 9.47 Å². The first-order valence-corrected chi connectivity index (χ1v) is 11.7. The predicted molar refractivity (Wildman–Crippen MR) is 124 cm³/mol. The van der Waals surface area contributed by atoms with Crippen LogP contribution < -0.4 is 15.0 Å². The van der Waals surface area contributed by atoms with Gasteiger partial charge in [-0.05, 0) is 31.0 Å². The van der Waals surface area contributed by atoms with Gasteiger partial charge in [0.25, 0.3) is 6.01 Å². The van der Waals surface area contributed by atoms with Crippen molar-refractivity contribution < 1.29 is 19.3 Å². The van der Waals surface area contributed by atoms with Gasteiger partial charge in [0.05, 0.1) is 23.8 Å². The quantitative estimate of drug-likeness (QED) is 0.521. The average molecular weight is 472 g/mol. The normalized spacial score (nSPS) is 27.8. The molecule has 33 heavy (non-hydrogen) atoms. The fraction of sp³-hybridized carbons (Fsp3) is 0.478. The Hall–Kier alpha value is -2.59. The van der Waals surface area contributed by atoms with Crippen LogP contribution in [-0.4, -0.2) is 76.8 Å². The van der Waals surface area contributed by atoms with E-state index in [1.165, 1.54) is 5.69 Å². The zero-order valence-electron chi connectivity index (χ0n) is 18.0. The standard InChI is InChI=1S/C23H26ClN5O4/c24-15-10-16-22(28-23(26-16)33-18-12-32-19-17(30)11-31-20(18)19)27-21(15)25-13-6-8-29(9-7-13)14-4-2-1-3-5-14/h1-5,10,13,17-20,30H,6-9,11-12H2,(H2,25,26,27,28)/t17-,18-,19-,20-/m1/s1. The molecule has 0 saturated carbocycles. The van der Waals surface area contributed by atoms with Crippen molar-refractivity contribution in [3.63, 3.8) is 0 Å². The second-order valence-electron chi connectivity index (χ2n) is 8.79. The van der Waals surface area contributed by atoms with E-state index in [1.54, 1.807) is 0 Å². The highest BCUT2D eigenvalue weighted by molar-refractivity contribution is 6.33. The summed E-state index contributed by atoms with van der Waals surface area (Å²) >= 11 is 6.52. The van der Waals surface area contributed by atoms with Crippen LogP contribution in [0.4, 0.5) is 11.5 Å². The molecule has 0 amide bonds. The number of anilines is 2. The molecule has 0 radical (unpaired) electrons. The molecule has 0 unspecified atom stereocenters. The summed E-state index contributed by atoms with van der Waals surface area (Å²) in [7, 11) is 0. The largest absolute Gasteiger partial charge is 0.456 e. The number of piperidine rings is 1. The molecule has 2 aromatic heterocycles. The number of benzene rings is 1. The van der Waals surface area contributed by atoms with Crippen molar-refractivity contribution in [1.29, 1.82) is 0 Å². The maximum Gasteiger partial charge on any atom is 0.296 e. The lowest BCUT2D eigenvalue weighted by Gasteiger charge is -2.34. The van der Waals surface area contributed by atoms with Gasteiger partial charge < -0.3 is 34.5 Å². The Balaban J connectivity index is 1.12. The Morgan fingerprint density at radius 1 is 1.09 bits per heavy atom. The van der Waals surface area contributed by atoms with Crippen molar-refractivity contribution in [3.05, 3.63) is 41.4 Å². The van der Waals surface area contributed by atoms with Crippen molar-refractivity contribution in [2.75, 3.05) is 36.5 Å². The van der Waals surface area contributed by atoms with Gasteiger partial charge in [0.1, 0.15) is 24.1 Å². The lowest BCUT2D eigenvalue weighted by molar-refractivity contribution is 0.00706. The summed E-state index contributed by atoms with van der Waals surface area (Å²) < 4.78 is 17.2. The van der Waals surface area contributed by atoms with Gasteiger partial charge in [0, 0.05) is 24.8 Å². The van der Waals surface area contributed by atoms with Gasteiger partial charge in [0.15, 0.2) is 11.8 Å². The third-order valence-electron chi connectivity index (χ3n) is 6.61. The predicted octanol–water partition coefficient (Wildman–Crippen LogP) is 2.60. The molecule has 3 aromatic rings. The number of halogens is 1. The van der Waals surface area contributed by atoms with Crippen molar-refractivity contribution in [2.45, 2.75) is 43.3 Å². The number of pyridine rings is 1. The number of hydrogen-bond acceptors (Lipinski definition) is 8. The fourth-order valence-corrected chi connectivity index (χ4v) is 5.06. The molecule has 1 aromatic carbocycles. The van der Waals surface area contributed by atoms with Crippen molar-refractivity contribution >= 4 is 34.3 Å². The Morgan fingerprint density at radius 3 is 2.70 bits per heavy atom. The molecule has 6 rings (SSSR count). The third-order valence-corrected chi connectivity index (χ3v) is 6.90. The van der Waals surface area contributed by atoms with E-state index in [0.29, 0.717) is 40.7 Å². The lowest BCUT2D eigenvalue weighted by Crippen LogP contribution is -2.39. The number of H-pyrrole nitrogens is 1. The number of para-hydroxylation sites is 1. The first-order valence-electron chi connectivity index (χ1n) is 11.3. The van der Waals surface area contributed by atoms with E-state index in [-0.39, 0.29) is 24.9 Å². The van der Waals surface area contributed by atoms with E-state index in [2.05, 4.69) is 49.4 Å². The number of ether oxygens (including phenoxy) is 3. The van der Waals surface area contributed by atoms with Crippen molar-refractivity contribution in [2.24, 2.45) is 0 Å². The minimum Gasteiger partial charge on any atom is -0.456 e. The molecule has 5 heterocycles. The van der Waals surface area contributed by atoms with Crippen molar-refractivity contribution in [3.8, 4) is 6.01 Å². The van der Waals surface area contributed by atoms with Crippen LogP contribution in [0.2, 0.25) is 5.02 Å². The molecule has 3 N–H and O–H groups in total. The minimum atomic E-state index is -0.618. The second kappa shape index (κ2) is 8.64. The molecule has 10 heteroatoms. The number of aromatic amines is 1. The number of nitrogens with one attached hydrogen (secondary N) is 2. The summed E-state index contributed by atoms with van der Waals surface area (Å²) in [5.41, 5.74) is 2.48. The lowest BCUT2D eigenvalue weighted by atomic mass is 10.0. The Kier molecular flexibility index (Phi) is 5.49. The number of fused-ring (bicyclic) bond motifs is 2. The molecule has 0 bridgehead atoms. The van der Waals surface area contributed by atoms with Crippen LogP contribution >= 0.6 is 11.6 Å². The number of hydrogen-bond donors (Lipinski definition) is 3. The summed E-state index contributed by atoms with van der Waals surface area (Å²) in [4.78, 5) is 14.6. The van der Waals surface area contributed by atoms with Gasteiger partial charge in [-0.1, -0.05) is 29.8 Å². The van der Waals surface area contributed by atoms with E-state index >= 15 is 0 Å². The van der Waals surface area contributed by atoms with Crippen LogP contribution in [0, 0.1) is 0 Å². The van der Waals surface area contributed by atoms with Crippen LogP contribution in [0.1, 0.15) is 12.8 Å². The van der Waals surface area contributed by atoms with Crippen LogP contribution in [0.25, 0.3) is 11.2 Å². The van der Waals surface area contributed by atoms with Crippen LogP contribution in [0.15, 0.2) is 36.4 Å². The molecule has 174 valence electrons. The summed E-state index contributed by atoms with van der Waals surface area (Å²) in [5, 5.41) is 13.9. The molecular weight excluding hydrogens is 446 g/mol. The average Bonchev–Trinajstić information content (AvgIpc) is 3.52. The van der Waals surface area contributed by atoms with Crippen molar-refractivity contribution in [1.82, 2.24) is 15.0 Å².